The van der Waals surface area contributed by atoms with E-state index >= 15 is 0 Å². The van der Waals surface area contributed by atoms with Gasteiger partial charge in [-0.1, -0.05) is 17.7 Å². The van der Waals surface area contributed by atoms with E-state index < -0.39 is 11.9 Å². The third-order valence-corrected chi connectivity index (χ3v) is 1.91. The zero-order valence-electron chi connectivity index (χ0n) is 7.65. The van der Waals surface area contributed by atoms with Crippen LogP contribution in [0.2, 0.25) is 0 Å². The molecule has 1 aliphatic carbocycles. The minimum Gasteiger partial charge on any atom is -0.478 e. The molecule has 0 aromatic rings. The topological polar surface area (TPSA) is 74.6 Å². The average molecular weight is 194 g/mol. The highest BCUT2D eigenvalue weighted by Gasteiger charge is 2.19. The average Bonchev–Trinajstić information content (AvgIpc) is 2.26. The number of hydrogen-bond donors (Lipinski definition) is 2. The molecular weight excluding hydrogens is 184 g/mol. The number of rotatable bonds is 2. The Morgan fingerprint density at radius 1 is 1.14 bits per heavy atom. The van der Waals surface area contributed by atoms with Gasteiger partial charge in [0.2, 0.25) is 0 Å². The fourth-order valence-corrected chi connectivity index (χ4v) is 1.15. The van der Waals surface area contributed by atoms with Crippen LogP contribution in [0.15, 0.2) is 34.9 Å². The summed E-state index contributed by atoms with van der Waals surface area (Å²) in [6, 6.07) is 0. The van der Waals surface area contributed by atoms with Crippen molar-refractivity contribution in [2.45, 2.75) is 13.3 Å². The smallest absolute Gasteiger partial charge is 0.336 e. The van der Waals surface area contributed by atoms with Gasteiger partial charge in [-0.3, -0.25) is 0 Å². The molecule has 0 unspecified atom stereocenters. The van der Waals surface area contributed by atoms with Gasteiger partial charge in [-0.15, -0.1) is 0 Å². The highest BCUT2D eigenvalue weighted by molar-refractivity contribution is 6.05. The highest BCUT2D eigenvalue weighted by atomic mass is 16.4. The molecule has 0 amide bonds. The van der Waals surface area contributed by atoms with Crippen molar-refractivity contribution >= 4 is 11.9 Å². The zero-order valence-corrected chi connectivity index (χ0v) is 7.65. The normalized spacial score (nSPS) is 16.2. The third kappa shape index (κ3) is 2.10. The minimum atomic E-state index is -1.22. The Morgan fingerprint density at radius 3 is 2.21 bits per heavy atom. The van der Waals surface area contributed by atoms with Crippen molar-refractivity contribution in [3.8, 4) is 0 Å². The molecule has 0 heterocycles. The van der Waals surface area contributed by atoms with E-state index in [0.717, 1.165) is 5.57 Å². The van der Waals surface area contributed by atoms with E-state index in [1.165, 1.54) is 12.2 Å². The molecule has 0 aliphatic heterocycles. The Bertz CT molecular complexity index is 372. The summed E-state index contributed by atoms with van der Waals surface area (Å²) in [5, 5.41) is 17.5. The molecular formula is C10H10O4. The quantitative estimate of drug-likeness (QED) is 0.695. The summed E-state index contributed by atoms with van der Waals surface area (Å²) in [5.41, 5.74) is 0.611. The number of carboxylic acid groups (broad SMARTS) is 2. The Hall–Kier alpha value is -1.84. The third-order valence-electron chi connectivity index (χ3n) is 1.91. The second-order valence-corrected chi connectivity index (χ2v) is 3.03. The van der Waals surface area contributed by atoms with Crippen LogP contribution in [-0.4, -0.2) is 22.2 Å². The van der Waals surface area contributed by atoms with Gasteiger partial charge in [0.25, 0.3) is 0 Å². The first-order chi connectivity index (χ1) is 6.52. The van der Waals surface area contributed by atoms with Crippen LogP contribution in [0.4, 0.5) is 0 Å². The predicted octanol–water partition coefficient (Wildman–Crippen LogP) is 1.36. The zero-order chi connectivity index (χ0) is 10.7. The van der Waals surface area contributed by atoms with Crippen molar-refractivity contribution in [3.63, 3.8) is 0 Å². The maximum atomic E-state index is 10.7. The van der Waals surface area contributed by atoms with Gasteiger partial charge in [0.15, 0.2) is 0 Å². The second kappa shape index (κ2) is 3.91. The van der Waals surface area contributed by atoms with Gasteiger partial charge in [-0.25, -0.2) is 9.59 Å². The lowest BCUT2D eigenvalue weighted by Crippen LogP contribution is -2.10. The minimum absolute atomic E-state index is 0.148. The number of allylic oxidation sites excluding steroid dienone is 4. The van der Waals surface area contributed by atoms with Gasteiger partial charge in [-0.05, 0) is 19.4 Å². The molecule has 2 N–H and O–H groups in total. The summed E-state index contributed by atoms with van der Waals surface area (Å²) in [7, 11) is 0. The van der Waals surface area contributed by atoms with Gasteiger partial charge in [0.05, 0.1) is 11.1 Å². The molecule has 0 aromatic heterocycles. The van der Waals surface area contributed by atoms with Crippen LogP contribution in [0.25, 0.3) is 0 Å². The summed E-state index contributed by atoms with van der Waals surface area (Å²) < 4.78 is 0. The molecule has 0 fully saturated rings. The maximum absolute atomic E-state index is 10.7. The predicted molar refractivity (Wildman–Crippen MR) is 49.8 cm³/mol. The summed E-state index contributed by atoms with van der Waals surface area (Å²) in [6.45, 7) is 1.82. The molecule has 0 spiro atoms. The fraction of sp³-hybridized carbons (Fsp3) is 0.200. The van der Waals surface area contributed by atoms with E-state index in [4.69, 9.17) is 10.2 Å². The van der Waals surface area contributed by atoms with E-state index in [9.17, 15) is 9.59 Å². The van der Waals surface area contributed by atoms with E-state index in [-0.39, 0.29) is 11.1 Å². The van der Waals surface area contributed by atoms with Crippen molar-refractivity contribution in [3.05, 3.63) is 34.9 Å². The van der Waals surface area contributed by atoms with E-state index in [1.54, 1.807) is 6.08 Å². The number of carbonyl (C=O) groups is 2. The fourth-order valence-electron chi connectivity index (χ4n) is 1.15. The second-order valence-electron chi connectivity index (χ2n) is 3.03. The van der Waals surface area contributed by atoms with Crippen LogP contribution in [0, 0.1) is 0 Å². The summed E-state index contributed by atoms with van der Waals surface area (Å²) in [5.74, 6) is -2.42. The molecule has 4 nitrogen and oxygen atoms in total. The van der Waals surface area contributed by atoms with Crippen LogP contribution >= 0.6 is 0 Å². The Balaban J connectivity index is 3.17. The monoisotopic (exact) mass is 194 g/mol. The molecule has 0 atom stereocenters. The summed E-state index contributed by atoms with van der Waals surface area (Å²) in [6.07, 6.45) is 4.83. The van der Waals surface area contributed by atoms with Crippen molar-refractivity contribution in [1.29, 1.82) is 0 Å². The van der Waals surface area contributed by atoms with Crippen LogP contribution < -0.4 is 0 Å². The van der Waals surface area contributed by atoms with Crippen molar-refractivity contribution in [2.75, 3.05) is 0 Å². The van der Waals surface area contributed by atoms with E-state index in [0.29, 0.717) is 6.42 Å². The Kier molecular flexibility index (Phi) is 2.86. The van der Waals surface area contributed by atoms with Gasteiger partial charge in [0.1, 0.15) is 0 Å². The van der Waals surface area contributed by atoms with Crippen LogP contribution in [0.3, 0.4) is 0 Å². The molecule has 0 saturated heterocycles. The summed E-state index contributed by atoms with van der Waals surface area (Å²) >= 11 is 0. The summed E-state index contributed by atoms with van der Waals surface area (Å²) in [4.78, 5) is 21.5. The van der Waals surface area contributed by atoms with Crippen LogP contribution in [0.1, 0.15) is 13.3 Å². The largest absolute Gasteiger partial charge is 0.478 e. The Morgan fingerprint density at radius 2 is 1.71 bits per heavy atom. The van der Waals surface area contributed by atoms with Gasteiger partial charge in [-0.2, -0.15) is 0 Å². The van der Waals surface area contributed by atoms with Gasteiger partial charge >= 0.3 is 11.9 Å². The SMILES string of the molecule is CC1=CC=C(C(=O)O)C(C(=O)O)=CC1. The molecule has 74 valence electrons. The lowest BCUT2D eigenvalue weighted by atomic mass is 10.1. The molecule has 0 bridgehead atoms. The van der Waals surface area contributed by atoms with Gasteiger partial charge < -0.3 is 10.2 Å². The molecule has 0 saturated carbocycles. The van der Waals surface area contributed by atoms with Crippen molar-refractivity contribution in [1.82, 2.24) is 0 Å². The van der Waals surface area contributed by atoms with E-state index in [2.05, 4.69) is 0 Å². The number of aliphatic carboxylic acids is 2. The first kappa shape index (κ1) is 10.2. The van der Waals surface area contributed by atoms with Crippen LogP contribution in [0.5, 0.6) is 0 Å². The van der Waals surface area contributed by atoms with Gasteiger partial charge in [0, 0.05) is 0 Å². The molecule has 4 heteroatoms. The van der Waals surface area contributed by atoms with Crippen LogP contribution in [-0.2, 0) is 9.59 Å². The first-order valence-electron chi connectivity index (χ1n) is 4.07. The molecule has 0 aromatic carbocycles. The van der Waals surface area contributed by atoms with Crippen molar-refractivity contribution in [2.24, 2.45) is 0 Å². The number of hydrogen-bond acceptors (Lipinski definition) is 2. The molecule has 1 aliphatic rings. The van der Waals surface area contributed by atoms with E-state index in [1.807, 2.05) is 6.92 Å². The first-order valence-corrected chi connectivity index (χ1v) is 4.07. The highest BCUT2D eigenvalue weighted by Crippen LogP contribution is 2.18. The lowest BCUT2D eigenvalue weighted by Gasteiger charge is -2.00. The standard InChI is InChI=1S/C10H10O4/c1-6-2-4-7(9(11)12)8(5-3-6)10(13)14/h2,4-5H,3H2,1H3,(H,11,12)(H,13,14). The number of carboxylic acids is 2. The Labute approximate surface area is 80.9 Å². The lowest BCUT2D eigenvalue weighted by molar-refractivity contribution is -0.136. The molecule has 14 heavy (non-hydrogen) atoms. The molecule has 1 rings (SSSR count). The molecule has 0 radical (unpaired) electrons. The maximum Gasteiger partial charge on any atom is 0.336 e. The van der Waals surface area contributed by atoms with Crippen molar-refractivity contribution < 1.29 is 19.8 Å².